The molecule has 4 nitrogen and oxygen atoms in total. The Labute approximate surface area is 79.4 Å². The molecule has 0 bridgehead atoms. The Balaban J connectivity index is 0.00000121. The maximum Gasteiger partial charge on any atom is 0.287 e. The minimum atomic E-state index is -0.571. The SMILES string of the molecule is N#Cc1ccccc1[N+](=O)[O-].[Se]. The predicted molar refractivity (Wildman–Crippen MR) is 43.6 cm³/mol. The maximum absolute atomic E-state index is 10.2. The van der Waals surface area contributed by atoms with E-state index >= 15 is 0 Å². The van der Waals surface area contributed by atoms with Crippen LogP contribution in [-0.2, 0) is 0 Å². The first-order chi connectivity index (χ1) is 5.25. The van der Waals surface area contributed by atoms with Crippen molar-refractivity contribution in [2.45, 2.75) is 0 Å². The number of hydrogen-bond donors (Lipinski definition) is 0. The number of benzene rings is 1. The summed E-state index contributed by atoms with van der Waals surface area (Å²) >= 11 is 0. The quantitative estimate of drug-likeness (QED) is 0.409. The van der Waals surface area contributed by atoms with Gasteiger partial charge in [0.1, 0.15) is 11.6 Å². The second-order valence-electron chi connectivity index (χ2n) is 1.89. The van der Waals surface area contributed by atoms with Crippen molar-refractivity contribution in [3.63, 3.8) is 0 Å². The molecule has 0 N–H and O–H groups in total. The van der Waals surface area contributed by atoms with Crippen molar-refractivity contribution in [3.8, 4) is 6.07 Å². The summed E-state index contributed by atoms with van der Waals surface area (Å²) in [5.74, 6) is 0. The van der Waals surface area contributed by atoms with Crippen LogP contribution in [0.5, 0.6) is 0 Å². The number of hydrogen-bond acceptors (Lipinski definition) is 3. The van der Waals surface area contributed by atoms with Crippen molar-refractivity contribution < 1.29 is 4.92 Å². The molecule has 0 atom stereocenters. The van der Waals surface area contributed by atoms with E-state index in [1.54, 1.807) is 12.1 Å². The number of nitriles is 1. The third-order valence-electron chi connectivity index (χ3n) is 1.22. The normalized spacial score (nSPS) is 7.92. The molecule has 0 heterocycles. The van der Waals surface area contributed by atoms with Gasteiger partial charge in [0.2, 0.25) is 0 Å². The monoisotopic (exact) mass is 228 g/mol. The Bertz CT molecular complexity index is 332. The molecule has 0 aromatic heterocycles. The van der Waals surface area contributed by atoms with Crippen LogP contribution in [0.2, 0.25) is 0 Å². The van der Waals surface area contributed by atoms with Gasteiger partial charge < -0.3 is 0 Å². The summed E-state index contributed by atoms with van der Waals surface area (Å²) in [6, 6.07) is 7.57. The van der Waals surface area contributed by atoms with Gasteiger partial charge in [0.05, 0.1) is 4.92 Å². The van der Waals surface area contributed by atoms with E-state index in [2.05, 4.69) is 0 Å². The molecule has 0 saturated heterocycles. The number of rotatable bonds is 1. The van der Waals surface area contributed by atoms with E-state index in [4.69, 9.17) is 5.26 Å². The topological polar surface area (TPSA) is 66.9 Å². The predicted octanol–water partition coefficient (Wildman–Crippen LogP) is 1.09. The molecule has 1 aromatic rings. The zero-order valence-electron chi connectivity index (χ0n) is 5.93. The Morgan fingerprint density at radius 1 is 1.42 bits per heavy atom. The van der Waals surface area contributed by atoms with Gasteiger partial charge in [-0.2, -0.15) is 5.26 Å². The van der Waals surface area contributed by atoms with Crippen LogP contribution in [0.1, 0.15) is 5.56 Å². The largest absolute Gasteiger partial charge is 0.287 e. The molecule has 0 aliphatic rings. The van der Waals surface area contributed by atoms with Gasteiger partial charge in [-0.05, 0) is 6.07 Å². The van der Waals surface area contributed by atoms with Crippen LogP contribution in [0, 0.1) is 21.4 Å². The van der Waals surface area contributed by atoms with Crippen LogP contribution in [0.4, 0.5) is 5.69 Å². The molecule has 0 fully saturated rings. The first-order valence-corrected chi connectivity index (χ1v) is 2.89. The van der Waals surface area contributed by atoms with Gasteiger partial charge in [-0.3, -0.25) is 10.1 Å². The van der Waals surface area contributed by atoms with Crippen LogP contribution in [0.15, 0.2) is 24.3 Å². The number of nitro benzene ring substituents is 1. The van der Waals surface area contributed by atoms with Gasteiger partial charge in [0.25, 0.3) is 5.69 Å². The van der Waals surface area contributed by atoms with Gasteiger partial charge in [0, 0.05) is 23.1 Å². The summed E-state index contributed by atoms with van der Waals surface area (Å²) in [6.07, 6.45) is 0. The fourth-order valence-electron chi connectivity index (χ4n) is 0.727. The van der Waals surface area contributed by atoms with Crippen molar-refractivity contribution in [1.29, 1.82) is 5.26 Å². The maximum atomic E-state index is 10.2. The molecule has 0 amide bonds. The number of nitrogens with zero attached hydrogens (tertiary/aromatic N) is 2. The van der Waals surface area contributed by atoms with E-state index in [9.17, 15) is 10.1 Å². The molecule has 0 spiro atoms. The van der Waals surface area contributed by atoms with E-state index in [1.165, 1.54) is 18.2 Å². The van der Waals surface area contributed by atoms with Crippen molar-refractivity contribution >= 4 is 22.8 Å². The molecule has 5 heteroatoms. The van der Waals surface area contributed by atoms with Crippen LogP contribution >= 0.6 is 0 Å². The van der Waals surface area contributed by atoms with Crippen LogP contribution in [0.3, 0.4) is 0 Å². The number of para-hydroxylation sites is 1. The van der Waals surface area contributed by atoms with Crippen molar-refractivity contribution in [3.05, 3.63) is 39.9 Å². The second kappa shape index (κ2) is 4.50. The number of nitro groups is 1. The molecule has 1 aromatic carbocycles. The summed E-state index contributed by atoms with van der Waals surface area (Å²) in [5, 5.41) is 18.6. The minimum absolute atomic E-state index is 0. The van der Waals surface area contributed by atoms with E-state index in [1.807, 2.05) is 0 Å². The van der Waals surface area contributed by atoms with Crippen LogP contribution in [0.25, 0.3) is 0 Å². The van der Waals surface area contributed by atoms with E-state index in [0.29, 0.717) is 0 Å². The third kappa shape index (κ3) is 2.06. The molecular formula is C7H4N2O2Se. The summed E-state index contributed by atoms with van der Waals surface area (Å²) in [4.78, 5) is 9.66. The fraction of sp³-hybridized carbons (Fsp3) is 0. The molecule has 1 rings (SSSR count). The summed E-state index contributed by atoms with van der Waals surface area (Å²) in [6.45, 7) is 0. The van der Waals surface area contributed by atoms with Crippen molar-refractivity contribution in [2.24, 2.45) is 0 Å². The smallest absolute Gasteiger partial charge is 0.258 e. The standard InChI is InChI=1S/C7H4N2O2.Se/c8-5-6-3-1-2-4-7(6)9(10)11;/h1-4H;. The molecule has 0 saturated carbocycles. The Morgan fingerprint density at radius 2 is 2.00 bits per heavy atom. The van der Waals surface area contributed by atoms with Crippen LogP contribution in [-0.4, -0.2) is 22.0 Å². The van der Waals surface area contributed by atoms with E-state index in [0.717, 1.165) is 0 Å². The summed E-state index contributed by atoms with van der Waals surface area (Å²) in [5.41, 5.74) is -0.0486. The average Bonchev–Trinajstić information content (AvgIpc) is 2.04. The molecule has 0 aliphatic heterocycles. The van der Waals surface area contributed by atoms with Gasteiger partial charge in [0.15, 0.2) is 0 Å². The Morgan fingerprint density at radius 3 is 2.42 bits per heavy atom. The van der Waals surface area contributed by atoms with Crippen molar-refractivity contribution in [1.82, 2.24) is 0 Å². The second-order valence-corrected chi connectivity index (χ2v) is 1.89. The third-order valence-corrected chi connectivity index (χ3v) is 1.22. The zero-order chi connectivity index (χ0) is 8.27. The van der Waals surface area contributed by atoms with Gasteiger partial charge in [-0.1, -0.05) is 12.1 Å². The van der Waals surface area contributed by atoms with Gasteiger partial charge in [-0.15, -0.1) is 0 Å². The molecule has 0 aliphatic carbocycles. The first-order valence-electron chi connectivity index (χ1n) is 2.89. The van der Waals surface area contributed by atoms with Gasteiger partial charge >= 0.3 is 0 Å². The zero-order valence-corrected chi connectivity index (χ0v) is 7.64. The molecular weight excluding hydrogens is 223 g/mol. The Kier molecular flexibility index (Phi) is 3.98. The molecule has 0 unspecified atom stereocenters. The summed E-state index contributed by atoms with van der Waals surface area (Å²) in [7, 11) is 0. The fourth-order valence-corrected chi connectivity index (χ4v) is 0.727. The Hall–Kier alpha value is -1.37. The van der Waals surface area contributed by atoms with Crippen molar-refractivity contribution in [2.75, 3.05) is 0 Å². The first kappa shape index (κ1) is 10.6. The van der Waals surface area contributed by atoms with Gasteiger partial charge in [-0.25, -0.2) is 0 Å². The molecule has 12 heavy (non-hydrogen) atoms. The summed E-state index contributed by atoms with van der Waals surface area (Å²) < 4.78 is 0. The minimum Gasteiger partial charge on any atom is -0.258 e. The van der Waals surface area contributed by atoms with Crippen LogP contribution < -0.4 is 0 Å². The van der Waals surface area contributed by atoms with E-state index < -0.39 is 4.92 Å². The molecule has 2 radical (unpaired) electrons. The average molecular weight is 227 g/mol. The molecule has 60 valence electrons. The van der Waals surface area contributed by atoms with E-state index in [-0.39, 0.29) is 28.3 Å².